The van der Waals surface area contributed by atoms with Crippen LogP contribution in [-0.2, 0) is 35.1 Å². The minimum absolute atomic E-state index is 0.0900. The van der Waals surface area contributed by atoms with E-state index in [0.717, 1.165) is 18.0 Å². The second kappa shape index (κ2) is 13.8. The van der Waals surface area contributed by atoms with Crippen LogP contribution in [0.25, 0.3) is 0 Å². The molecule has 1 aromatic rings. The van der Waals surface area contributed by atoms with Crippen LogP contribution in [0.4, 0.5) is 23.1 Å². The van der Waals surface area contributed by atoms with E-state index in [-0.39, 0.29) is 24.5 Å². The summed E-state index contributed by atoms with van der Waals surface area (Å²) in [6.45, 7) is 2.28. The number of rotatable bonds is 8. The van der Waals surface area contributed by atoms with Gasteiger partial charge in [-0.2, -0.15) is 13.2 Å². The lowest BCUT2D eigenvalue weighted by Gasteiger charge is -2.49. The van der Waals surface area contributed by atoms with E-state index >= 15 is 0 Å². The molecule has 3 aliphatic rings. The second-order valence-electron chi connectivity index (χ2n) is 8.94. The number of anilines is 1. The van der Waals surface area contributed by atoms with Crippen LogP contribution in [0.2, 0.25) is 0 Å². The Morgan fingerprint density at radius 3 is 2.40 bits per heavy atom. The number of alkyl halides is 3. The number of amides is 4. The van der Waals surface area contributed by atoms with Crippen molar-refractivity contribution in [3.05, 3.63) is 22.3 Å². The lowest BCUT2D eigenvalue weighted by Crippen LogP contribution is -2.70. The number of carbonyl (C=O) groups excluding carboxylic acids is 4. The Hall–Kier alpha value is -3.91. The van der Waals surface area contributed by atoms with Gasteiger partial charge in [-0.15, -0.1) is 23.1 Å². The number of ether oxygens (including phenoxy) is 1. The van der Waals surface area contributed by atoms with Crippen LogP contribution in [0, 0.1) is 0 Å². The molecule has 1 unspecified atom stereocenters. The van der Waals surface area contributed by atoms with Gasteiger partial charge in [0.15, 0.2) is 5.13 Å². The predicted molar refractivity (Wildman–Crippen MR) is 139 cm³/mol. The zero-order valence-corrected chi connectivity index (χ0v) is 23.4. The summed E-state index contributed by atoms with van der Waals surface area (Å²) in [4.78, 5) is 77.8. The summed E-state index contributed by atoms with van der Waals surface area (Å²) in [6.07, 6.45) is -5.20. The molecule has 0 aliphatic carbocycles. The normalized spacial score (nSPS) is 20.4. The molecule has 0 aromatic carbocycles. The summed E-state index contributed by atoms with van der Waals surface area (Å²) in [5.74, 6) is -4.80. The largest absolute Gasteiger partial charge is 0.490 e. The third kappa shape index (κ3) is 8.10. The highest BCUT2D eigenvalue weighted by molar-refractivity contribution is 8.00. The van der Waals surface area contributed by atoms with Crippen LogP contribution in [-0.4, -0.2) is 129 Å². The number of β-lactam (4-membered cyclic amide) rings is 1. The first kappa shape index (κ1) is 32.6. The number of aliphatic carboxylic acids is 2. The number of hydrogen-bond acceptors (Lipinski definition) is 11. The average Bonchev–Trinajstić information content (AvgIpc) is 3.36. The molecule has 0 spiro atoms. The van der Waals surface area contributed by atoms with Gasteiger partial charge in [0.25, 0.3) is 5.91 Å². The van der Waals surface area contributed by atoms with Crippen molar-refractivity contribution in [1.82, 2.24) is 25.0 Å². The van der Waals surface area contributed by atoms with E-state index in [0.29, 0.717) is 35.9 Å². The molecule has 4 heterocycles. The molecule has 230 valence electrons. The number of halogens is 3. The standard InChI is InChI=1S/C20H24N6O7S2.C2HF3O2/c1-24-2-4-25(5-3-24)20(32)33-7-11-8-34-17-14(16(29)26(17)15(11)18(30)31)23-13(28)6-12-9-35-19(22-12)21-10-27;3-2(4,5)1(6)7/h9-10,14,17H,2-8H2,1H3,(H,23,28)(H,30,31)(H,21,22,27);(H,6,7)/t14?,17-;/m0./s1. The molecule has 0 saturated carbocycles. The molecule has 15 nitrogen and oxygen atoms in total. The fraction of sp³-hybridized carbons (Fsp3) is 0.500. The third-order valence-corrected chi connectivity index (χ3v) is 8.18. The summed E-state index contributed by atoms with van der Waals surface area (Å²) in [7, 11) is 1.96. The van der Waals surface area contributed by atoms with Crippen LogP contribution >= 0.6 is 23.1 Å². The van der Waals surface area contributed by atoms with E-state index in [1.807, 2.05) is 7.05 Å². The van der Waals surface area contributed by atoms with Gasteiger partial charge in [-0.25, -0.2) is 19.4 Å². The van der Waals surface area contributed by atoms with E-state index in [4.69, 9.17) is 14.6 Å². The summed E-state index contributed by atoms with van der Waals surface area (Å²) in [6, 6.07) is -0.873. The molecule has 3 aliphatic heterocycles. The van der Waals surface area contributed by atoms with Crippen LogP contribution < -0.4 is 10.6 Å². The van der Waals surface area contributed by atoms with Crippen molar-refractivity contribution in [3.8, 4) is 0 Å². The quantitative estimate of drug-likeness (QED) is 0.220. The van der Waals surface area contributed by atoms with Gasteiger partial charge in [-0.05, 0) is 7.05 Å². The first-order chi connectivity index (χ1) is 19.7. The topological polar surface area (TPSA) is 199 Å². The SMILES string of the molecule is CN1CCN(C(=O)OCC2=C(C(=O)O)N3C(=O)C(NC(=O)Cc4csc(NC=O)n4)[C@@H]3SC2)CC1.O=C(O)C(F)(F)F. The van der Waals surface area contributed by atoms with E-state index in [1.165, 1.54) is 23.1 Å². The number of carboxylic acids is 2. The summed E-state index contributed by atoms with van der Waals surface area (Å²) < 4.78 is 37.1. The van der Waals surface area contributed by atoms with E-state index < -0.39 is 47.4 Å². The van der Waals surface area contributed by atoms with Crippen molar-refractivity contribution >= 4 is 64.5 Å². The first-order valence-corrected chi connectivity index (χ1v) is 13.9. The molecule has 0 radical (unpaired) electrons. The Kier molecular flexibility index (Phi) is 10.7. The van der Waals surface area contributed by atoms with E-state index in [9.17, 15) is 42.3 Å². The zero-order chi connectivity index (χ0) is 31.2. The predicted octanol–water partition coefficient (Wildman–Crippen LogP) is 0.00980. The van der Waals surface area contributed by atoms with E-state index in [2.05, 4.69) is 20.5 Å². The fourth-order valence-electron chi connectivity index (χ4n) is 3.92. The number of nitrogens with zero attached hydrogens (tertiary/aromatic N) is 4. The highest BCUT2D eigenvalue weighted by Gasteiger charge is 2.54. The summed E-state index contributed by atoms with van der Waals surface area (Å²) in [5.41, 5.74) is 0.559. The molecule has 2 atom stereocenters. The van der Waals surface area contributed by atoms with E-state index in [1.54, 1.807) is 10.3 Å². The third-order valence-electron chi connectivity index (χ3n) is 6.02. The van der Waals surface area contributed by atoms with Gasteiger partial charge >= 0.3 is 24.2 Å². The lowest BCUT2D eigenvalue weighted by molar-refractivity contribution is -0.192. The van der Waals surface area contributed by atoms with Crippen LogP contribution in [0.1, 0.15) is 5.69 Å². The number of piperazine rings is 1. The van der Waals surface area contributed by atoms with Crippen molar-refractivity contribution in [1.29, 1.82) is 0 Å². The summed E-state index contributed by atoms with van der Waals surface area (Å²) in [5, 5.41) is 23.3. The van der Waals surface area contributed by atoms with Gasteiger partial charge in [0, 0.05) is 42.9 Å². The monoisotopic (exact) mass is 638 g/mol. The Bertz CT molecular complexity index is 1270. The number of aromatic nitrogens is 1. The van der Waals surface area contributed by atoms with Crippen molar-refractivity contribution in [2.75, 3.05) is 50.9 Å². The Morgan fingerprint density at radius 1 is 1.19 bits per heavy atom. The Morgan fingerprint density at radius 2 is 1.83 bits per heavy atom. The first-order valence-electron chi connectivity index (χ1n) is 12.0. The number of carbonyl (C=O) groups is 6. The maximum absolute atomic E-state index is 12.8. The smallest absolute Gasteiger partial charge is 0.477 e. The van der Waals surface area contributed by atoms with Crippen molar-refractivity contribution in [2.24, 2.45) is 0 Å². The Balaban J connectivity index is 0.000000616. The molecule has 4 N–H and O–H groups in total. The minimum Gasteiger partial charge on any atom is -0.477 e. The molecule has 1 aromatic heterocycles. The lowest BCUT2D eigenvalue weighted by atomic mass is 10.0. The number of fused-ring (bicyclic) bond motifs is 1. The number of nitrogens with one attached hydrogen (secondary N) is 2. The number of likely N-dealkylation sites (N-methyl/N-ethyl adjacent to an activating group) is 1. The van der Waals surface area contributed by atoms with Gasteiger partial charge in [0.1, 0.15) is 23.7 Å². The minimum atomic E-state index is -5.08. The molecule has 4 amide bonds. The maximum atomic E-state index is 12.8. The van der Waals surface area contributed by atoms with Crippen molar-refractivity contribution in [3.63, 3.8) is 0 Å². The second-order valence-corrected chi connectivity index (χ2v) is 10.9. The van der Waals surface area contributed by atoms with Crippen LogP contribution in [0.15, 0.2) is 16.7 Å². The molecule has 20 heteroatoms. The molecule has 2 fully saturated rings. The molecule has 4 rings (SSSR count). The highest BCUT2D eigenvalue weighted by Crippen LogP contribution is 2.40. The van der Waals surface area contributed by atoms with Gasteiger partial charge in [0.2, 0.25) is 12.3 Å². The number of carboxylic acid groups (broad SMARTS) is 2. The molecule has 42 heavy (non-hydrogen) atoms. The highest BCUT2D eigenvalue weighted by atomic mass is 32.2. The van der Waals surface area contributed by atoms with Crippen molar-refractivity contribution < 1.29 is 56.9 Å². The van der Waals surface area contributed by atoms with Gasteiger partial charge in [-0.3, -0.25) is 19.3 Å². The molecule has 2 saturated heterocycles. The summed E-state index contributed by atoms with van der Waals surface area (Å²) >= 11 is 2.46. The van der Waals surface area contributed by atoms with Gasteiger partial charge < -0.3 is 35.4 Å². The molecular weight excluding hydrogens is 613 g/mol. The number of hydrogen-bond donors (Lipinski definition) is 4. The maximum Gasteiger partial charge on any atom is 0.490 e. The van der Waals surface area contributed by atoms with Crippen LogP contribution in [0.3, 0.4) is 0 Å². The van der Waals surface area contributed by atoms with Crippen molar-refractivity contribution in [2.45, 2.75) is 24.0 Å². The van der Waals surface area contributed by atoms with Gasteiger partial charge in [0.05, 0.1) is 12.1 Å². The number of thioether (sulfide) groups is 1. The fourth-order valence-corrected chi connectivity index (χ4v) is 5.91. The molecular formula is C22H25F3N6O9S2. The van der Waals surface area contributed by atoms with Crippen LogP contribution in [0.5, 0.6) is 0 Å². The Labute approximate surface area is 243 Å². The number of thiazole rings is 1. The zero-order valence-electron chi connectivity index (χ0n) is 21.8. The molecule has 0 bridgehead atoms. The van der Waals surface area contributed by atoms with Gasteiger partial charge in [-0.1, -0.05) is 0 Å². The average molecular weight is 639 g/mol.